The van der Waals surface area contributed by atoms with Crippen LogP contribution < -0.4 is 15.0 Å². The van der Waals surface area contributed by atoms with Gasteiger partial charge in [-0.25, -0.2) is 8.42 Å². The van der Waals surface area contributed by atoms with Crippen LogP contribution >= 0.6 is 0 Å². The first-order valence-electron chi connectivity index (χ1n) is 13.3. The largest absolute Gasteiger partial charge is 0.573 e. The topological polar surface area (TPSA) is 93.5 Å². The average molecular weight is 599 g/mol. The fourth-order valence-corrected chi connectivity index (χ4v) is 6.06. The van der Waals surface area contributed by atoms with E-state index in [1.807, 2.05) is 54.6 Å². The summed E-state index contributed by atoms with van der Waals surface area (Å²) in [4.78, 5) is 15.3. The molecule has 0 unspecified atom stereocenters. The van der Waals surface area contributed by atoms with E-state index in [0.29, 0.717) is 38.2 Å². The van der Waals surface area contributed by atoms with Crippen LogP contribution in [0.1, 0.15) is 28.9 Å². The highest BCUT2D eigenvalue weighted by molar-refractivity contribution is 7.91. The van der Waals surface area contributed by atoms with E-state index in [4.69, 9.17) is 0 Å². The molecule has 42 heavy (non-hydrogen) atoms. The van der Waals surface area contributed by atoms with Crippen molar-refractivity contribution in [2.75, 3.05) is 29.6 Å². The lowest BCUT2D eigenvalue weighted by Gasteiger charge is -2.33. The summed E-state index contributed by atoms with van der Waals surface area (Å²) >= 11 is 0. The fraction of sp³-hybridized carbons (Fsp3) is 0.267. The molecule has 5 rings (SSSR count). The minimum absolute atomic E-state index is 0.142. The van der Waals surface area contributed by atoms with Crippen LogP contribution in [0.15, 0.2) is 84.9 Å². The number of anilines is 2. The van der Waals surface area contributed by atoms with Crippen LogP contribution in [0.2, 0.25) is 0 Å². The summed E-state index contributed by atoms with van der Waals surface area (Å²) in [7, 11) is -3.06. The number of hydrogen-bond donors (Lipinski definition) is 1. The number of piperidine rings is 1. The van der Waals surface area contributed by atoms with Crippen LogP contribution in [0, 0.1) is 0 Å². The van der Waals surface area contributed by atoms with Crippen LogP contribution in [0.25, 0.3) is 11.3 Å². The van der Waals surface area contributed by atoms with Gasteiger partial charge in [0, 0.05) is 30.7 Å². The summed E-state index contributed by atoms with van der Waals surface area (Å²) in [5, 5.41) is 6.93. The van der Waals surface area contributed by atoms with Crippen LogP contribution in [-0.4, -0.2) is 55.1 Å². The molecule has 0 bridgehead atoms. The molecule has 8 nitrogen and oxygen atoms in total. The lowest BCUT2D eigenvalue weighted by molar-refractivity contribution is -0.274. The Kier molecular flexibility index (Phi) is 8.26. The molecule has 1 amide bonds. The van der Waals surface area contributed by atoms with Gasteiger partial charge in [-0.05, 0) is 66.4 Å². The van der Waals surface area contributed by atoms with Gasteiger partial charge in [-0.3, -0.25) is 9.48 Å². The molecular formula is C30H29F3N4O4S. The molecule has 1 saturated heterocycles. The third-order valence-corrected chi connectivity index (χ3v) is 8.77. The number of amides is 1. The number of hydrogen-bond acceptors (Lipinski definition) is 6. The molecule has 220 valence electrons. The van der Waals surface area contributed by atoms with E-state index in [-0.39, 0.29) is 16.6 Å². The lowest BCUT2D eigenvalue weighted by Crippen LogP contribution is -2.39. The van der Waals surface area contributed by atoms with Crippen LogP contribution in [-0.2, 0) is 16.4 Å². The monoisotopic (exact) mass is 598 g/mol. The highest BCUT2D eigenvalue weighted by Crippen LogP contribution is 2.27. The highest BCUT2D eigenvalue weighted by Gasteiger charge is 2.31. The average Bonchev–Trinajstić information content (AvgIpc) is 3.37. The summed E-state index contributed by atoms with van der Waals surface area (Å²) in [5.41, 5.74) is 3.95. The Morgan fingerprint density at radius 3 is 2.31 bits per heavy atom. The molecule has 1 aliphatic heterocycles. The maximum absolute atomic E-state index is 13.1. The Morgan fingerprint density at radius 2 is 1.67 bits per heavy atom. The Balaban J connectivity index is 1.35. The first-order chi connectivity index (χ1) is 19.9. The Hall–Kier alpha value is -4.32. The molecule has 0 aliphatic carbocycles. The van der Waals surface area contributed by atoms with Gasteiger partial charge in [0.1, 0.15) is 15.6 Å². The number of ether oxygens (including phenoxy) is 1. The van der Waals surface area contributed by atoms with Gasteiger partial charge in [0.2, 0.25) is 0 Å². The normalized spacial score (nSPS) is 14.5. The molecule has 0 radical (unpaired) electrons. The summed E-state index contributed by atoms with van der Waals surface area (Å²) in [6.07, 6.45) is -2.35. The summed E-state index contributed by atoms with van der Waals surface area (Å²) in [5.74, 6) is -0.906. The van der Waals surface area contributed by atoms with Crippen LogP contribution in [0.3, 0.4) is 0 Å². The number of carbonyl (C=O) groups is 1. The molecule has 1 aliphatic rings. The second-order valence-corrected chi connectivity index (χ2v) is 12.5. The van der Waals surface area contributed by atoms with E-state index in [2.05, 4.69) is 20.1 Å². The number of nitrogens with zero attached hydrogens (tertiary/aromatic N) is 3. The van der Waals surface area contributed by atoms with Gasteiger partial charge in [-0.1, -0.05) is 42.5 Å². The van der Waals surface area contributed by atoms with Crippen molar-refractivity contribution in [3.63, 3.8) is 0 Å². The zero-order valence-electron chi connectivity index (χ0n) is 22.7. The van der Waals surface area contributed by atoms with Gasteiger partial charge in [-0.2, -0.15) is 5.10 Å². The molecule has 1 fully saturated rings. The molecule has 2 heterocycles. The summed E-state index contributed by atoms with van der Waals surface area (Å²) in [6.45, 7) is 1.66. The van der Waals surface area contributed by atoms with Crippen molar-refractivity contribution < 1.29 is 31.1 Å². The number of rotatable bonds is 8. The van der Waals surface area contributed by atoms with Gasteiger partial charge in [0.05, 0.1) is 17.5 Å². The number of halogens is 3. The Bertz CT molecular complexity index is 1650. The molecule has 0 spiro atoms. The second-order valence-electron chi connectivity index (χ2n) is 10.2. The quantitative estimate of drug-likeness (QED) is 0.277. The van der Waals surface area contributed by atoms with E-state index in [0.717, 1.165) is 28.9 Å². The van der Waals surface area contributed by atoms with Crippen molar-refractivity contribution in [1.29, 1.82) is 0 Å². The van der Waals surface area contributed by atoms with Gasteiger partial charge < -0.3 is 15.0 Å². The van der Waals surface area contributed by atoms with Crippen molar-refractivity contribution in [3.8, 4) is 17.0 Å². The van der Waals surface area contributed by atoms with Crippen molar-refractivity contribution in [1.82, 2.24) is 9.78 Å². The minimum atomic E-state index is -4.81. The van der Waals surface area contributed by atoms with Crippen molar-refractivity contribution in [2.45, 2.75) is 31.0 Å². The molecular weight excluding hydrogens is 569 g/mol. The Labute approximate surface area is 241 Å². The maximum Gasteiger partial charge on any atom is 0.573 e. The van der Waals surface area contributed by atoms with Crippen molar-refractivity contribution >= 4 is 27.1 Å². The lowest BCUT2D eigenvalue weighted by atomic mass is 10.1. The first-order valence-corrected chi connectivity index (χ1v) is 15.2. The van der Waals surface area contributed by atoms with Crippen LogP contribution in [0.5, 0.6) is 5.75 Å². The van der Waals surface area contributed by atoms with E-state index in [1.165, 1.54) is 18.4 Å². The Morgan fingerprint density at radius 1 is 0.976 bits per heavy atom. The van der Waals surface area contributed by atoms with Crippen molar-refractivity contribution in [2.24, 2.45) is 0 Å². The van der Waals surface area contributed by atoms with Gasteiger partial charge >= 0.3 is 6.36 Å². The number of benzene rings is 3. The smallest absolute Gasteiger partial charge is 0.406 e. The standard InChI is InChI=1S/C30H29F3N4O4S/c1-42(39,40)26-14-16-36(17-15-26)24-9-5-6-21(18-24)20-37-28(22-7-3-2-4-8-22)19-27(35-37)29(38)34-23-10-12-25(13-11-23)41-30(31,32)33/h2-13,18-19,26H,14-17,20H2,1H3,(H,34,38). The zero-order chi connectivity index (χ0) is 29.9. The molecule has 0 atom stereocenters. The molecule has 4 aromatic rings. The highest BCUT2D eigenvalue weighted by atomic mass is 32.2. The minimum Gasteiger partial charge on any atom is -0.406 e. The van der Waals surface area contributed by atoms with Crippen LogP contribution in [0.4, 0.5) is 24.5 Å². The van der Waals surface area contributed by atoms with Crippen molar-refractivity contribution in [3.05, 3.63) is 96.2 Å². The first kappa shape index (κ1) is 29.2. The number of sulfone groups is 1. The molecule has 12 heteroatoms. The number of aromatic nitrogens is 2. The number of alkyl halides is 3. The van der Waals surface area contributed by atoms with E-state index in [9.17, 15) is 26.4 Å². The summed E-state index contributed by atoms with van der Waals surface area (Å²) < 4.78 is 66.9. The molecule has 1 N–H and O–H groups in total. The SMILES string of the molecule is CS(=O)(=O)C1CCN(c2cccc(Cn3nc(C(=O)Nc4ccc(OC(F)(F)F)cc4)cc3-c3ccccc3)c2)CC1. The van der Waals surface area contributed by atoms with Gasteiger partial charge in [0.25, 0.3) is 5.91 Å². The number of carbonyl (C=O) groups excluding carboxylic acids is 1. The van der Waals surface area contributed by atoms with E-state index >= 15 is 0 Å². The van der Waals surface area contributed by atoms with Gasteiger partial charge in [-0.15, -0.1) is 13.2 Å². The maximum atomic E-state index is 13.1. The summed E-state index contributed by atoms with van der Waals surface area (Å²) in [6, 6.07) is 24.0. The second kappa shape index (κ2) is 11.9. The molecule has 1 aromatic heterocycles. The van der Waals surface area contributed by atoms with Gasteiger partial charge in [0.15, 0.2) is 5.69 Å². The third kappa shape index (κ3) is 7.30. The fourth-order valence-electron chi connectivity index (χ4n) is 4.99. The molecule has 0 saturated carbocycles. The van der Waals surface area contributed by atoms with E-state index in [1.54, 1.807) is 10.7 Å². The number of nitrogens with one attached hydrogen (secondary N) is 1. The predicted octanol–water partition coefficient (Wildman–Crippen LogP) is 5.76. The third-order valence-electron chi connectivity index (χ3n) is 7.08. The zero-order valence-corrected chi connectivity index (χ0v) is 23.5. The van der Waals surface area contributed by atoms with E-state index < -0.39 is 27.9 Å². The predicted molar refractivity (Wildman–Crippen MR) is 154 cm³/mol. The molecule has 3 aromatic carbocycles.